The summed E-state index contributed by atoms with van der Waals surface area (Å²) in [6.07, 6.45) is 0. The van der Waals surface area contributed by atoms with Crippen LogP contribution in [-0.4, -0.2) is 46.4 Å². The number of benzene rings is 2. The molecule has 4 nitrogen and oxygen atoms in total. The van der Waals surface area contributed by atoms with E-state index in [2.05, 4.69) is 0 Å². The van der Waals surface area contributed by atoms with Gasteiger partial charge in [-0.15, -0.1) is 0 Å². The number of aliphatic hydroxyl groups is 1. The van der Waals surface area contributed by atoms with Crippen LogP contribution < -0.4 is 0 Å². The summed E-state index contributed by atoms with van der Waals surface area (Å²) in [5, 5.41) is 18.7. The first kappa shape index (κ1) is 16.6. The highest BCUT2D eigenvalue weighted by Crippen LogP contribution is 2.39. The van der Waals surface area contributed by atoms with E-state index in [1.54, 1.807) is 12.1 Å². The van der Waals surface area contributed by atoms with Crippen molar-refractivity contribution in [2.24, 2.45) is 0 Å². The molecule has 126 valence electrons. The number of carbonyl (C=O) groups is 1. The predicted octanol–water partition coefficient (Wildman–Crippen LogP) is 2.68. The summed E-state index contributed by atoms with van der Waals surface area (Å²) in [5.41, 5.74) is 0.228. The first-order valence-electron chi connectivity index (χ1n) is 7.91. The predicted molar refractivity (Wildman–Crippen MR) is 88.8 cm³/mol. The topological polar surface area (TPSA) is 60.8 Å². The Hall–Kier alpha value is -2.24. The average molecular weight is 329 g/mol. The maximum Gasteiger partial charge on any atom is 0.335 e. The quantitative estimate of drug-likeness (QED) is 0.885. The first-order valence-corrected chi connectivity index (χ1v) is 7.91. The highest BCUT2D eigenvalue weighted by molar-refractivity contribution is 5.87. The summed E-state index contributed by atoms with van der Waals surface area (Å²) in [5.74, 6) is -1.37. The smallest absolute Gasteiger partial charge is 0.335 e. The molecule has 0 radical (unpaired) electrons. The summed E-state index contributed by atoms with van der Waals surface area (Å²) in [6, 6.07) is 16.0. The number of halogens is 1. The van der Waals surface area contributed by atoms with Crippen molar-refractivity contribution < 1.29 is 19.4 Å². The molecule has 1 fully saturated rings. The Labute approximate surface area is 140 Å². The van der Waals surface area contributed by atoms with E-state index in [0.717, 1.165) is 11.1 Å². The molecule has 1 aliphatic rings. The first-order chi connectivity index (χ1) is 11.5. The minimum absolute atomic E-state index is 0.125. The second-order valence-electron chi connectivity index (χ2n) is 6.33. The lowest BCUT2D eigenvalue weighted by atomic mass is 9.87. The van der Waals surface area contributed by atoms with Crippen LogP contribution in [0.5, 0.6) is 0 Å². The summed E-state index contributed by atoms with van der Waals surface area (Å²) >= 11 is 0. The zero-order chi connectivity index (χ0) is 17.2. The molecule has 1 heterocycles. The molecule has 1 aliphatic heterocycles. The SMILES string of the molecule is O=C(O)c1cccc(CN2CC(c3ccccc3)C(F)(CO)C2)c1. The molecule has 0 bridgehead atoms. The summed E-state index contributed by atoms with van der Waals surface area (Å²) in [7, 11) is 0. The van der Waals surface area contributed by atoms with Crippen LogP contribution >= 0.6 is 0 Å². The van der Waals surface area contributed by atoms with Gasteiger partial charge in [-0.3, -0.25) is 4.90 Å². The zero-order valence-corrected chi connectivity index (χ0v) is 13.2. The molecule has 3 rings (SSSR count). The molecule has 5 heteroatoms. The monoisotopic (exact) mass is 329 g/mol. The van der Waals surface area contributed by atoms with Gasteiger partial charge in [0.1, 0.15) is 0 Å². The number of hydrogen-bond donors (Lipinski definition) is 2. The van der Waals surface area contributed by atoms with Crippen molar-refractivity contribution in [1.82, 2.24) is 4.90 Å². The maximum atomic E-state index is 15.2. The molecular formula is C19H20FNO3. The Morgan fingerprint density at radius 1 is 1.21 bits per heavy atom. The lowest BCUT2D eigenvalue weighted by molar-refractivity contribution is 0.0646. The lowest BCUT2D eigenvalue weighted by Gasteiger charge is -2.24. The Kier molecular flexibility index (Phi) is 4.64. The van der Waals surface area contributed by atoms with Crippen molar-refractivity contribution in [1.29, 1.82) is 0 Å². The lowest BCUT2D eigenvalue weighted by Crippen LogP contribution is -2.36. The summed E-state index contributed by atoms with van der Waals surface area (Å²) in [4.78, 5) is 13.0. The van der Waals surface area contributed by atoms with Crippen LogP contribution in [0.3, 0.4) is 0 Å². The van der Waals surface area contributed by atoms with Gasteiger partial charge in [-0.25, -0.2) is 9.18 Å². The van der Waals surface area contributed by atoms with E-state index in [9.17, 15) is 9.90 Å². The normalized spacial score (nSPS) is 24.2. The van der Waals surface area contributed by atoms with E-state index in [1.807, 2.05) is 41.3 Å². The van der Waals surface area contributed by atoms with Crippen LogP contribution in [0, 0.1) is 0 Å². The van der Waals surface area contributed by atoms with Gasteiger partial charge in [0, 0.05) is 25.6 Å². The summed E-state index contributed by atoms with van der Waals surface area (Å²) in [6.45, 7) is 0.535. The van der Waals surface area contributed by atoms with Gasteiger partial charge in [0.05, 0.1) is 12.2 Å². The van der Waals surface area contributed by atoms with E-state index >= 15 is 4.39 Å². The Bertz CT molecular complexity index is 722. The second kappa shape index (κ2) is 6.71. The zero-order valence-electron chi connectivity index (χ0n) is 13.2. The van der Waals surface area contributed by atoms with Gasteiger partial charge in [0.15, 0.2) is 5.67 Å². The van der Waals surface area contributed by atoms with E-state index in [-0.39, 0.29) is 12.1 Å². The fourth-order valence-electron chi connectivity index (χ4n) is 3.40. The molecule has 1 saturated heterocycles. The molecule has 2 unspecified atom stereocenters. The minimum atomic E-state index is -1.69. The molecule has 0 aliphatic carbocycles. The van der Waals surface area contributed by atoms with Crippen LogP contribution in [0.25, 0.3) is 0 Å². The standard InChI is InChI=1S/C19H20FNO3/c20-19(13-22)12-21(11-17(19)15-6-2-1-3-7-15)10-14-5-4-8-16(9-14)18(23)24/h1-9,17,22H,10-13H2,(H,23,24). The number of carboxylic acids is 1. The fourth-order valence-corrected chi connectivity index (χ4v) is 3.40. The van der Waals surface area contributed by atoms with Gasteiger partial charge < -0.3 is 10.2 Å². The van der Waals surface area contributed by atoms with E-state index in [4.69, 9.17) is 5.11 Å². The van der Waals surface area contributed by atoms with Crippen LogP contribution in [-0.2, 0) is 6.54 Å². The number of nitrogens with zero attached hydrogens (tertiary/aromatic N) is 1. The molecule has 2 aromatic carbocycles. The van der Waals surface area contributed by atoms with Crippen molar-refractivity contribution in [3.63, 3.8) is 0 Å². The molecule has 2 N–H and O–H groups in total. The highest BCUT2D eigenvalue weighted by Gasteiger charge is 2.47. The number of alkyl halides is 1. The van der Waals surface area contributed by atoms with Crippen molar-refractivity contribution in [3.8, 4) is 0 Å². The molecule has 0 aromatic heterocycles. The van der Waals surface area contributed by atoms with Crippen molar-refractivity contribution in [3.05, 3.63) is 71.3 Å². The van der Waals surface area contributed by atoms with E-state index < -0.39 is 24.2 Å². The largest absolute Gasteiger partial charge is 0.478 e. The van der Waals surface area contributed by atoms with Gasteiger partial charge in [0.2, 0.25) is 0 Å². The minimum Gasteiger partial charge on any atom is -0.478 e. The van der Waals surface area contributed by atoms with E-state index in [1.165, 1.54) is 6.07 Å². The Morgan fingerprint density at radius 3 is 2.62 bits per heavy atom. The molecule has 0 spiro atoms. The Morgan fingerprint density at radius 2 is 1.96 bits per heavy atom. The van der Waals surface area contributed by atoms with Gasteiger partial charge >= 0.3 is 5.97 Å². The van der Waals surface area contributed by atoms with Crippen LogP contribution in [0.1, 0.15) is 27.4 Å². The third-order valence-electron chi connectivity index (χ3n) is 4.60. The maximum absolute atomic E-state index is 15.2. The van der Waals surface area contributed by atoms with Crippen LogP contribution in [0.4, 0.5) is 4.39 Å². The van der Waals surface area contributed by atoms with Gasteiger partial charge in [-0.2, -0.15) is 0 Å². The van der Waals surface area contributed by atoms with Crippen LogP contribution in [0.15, 0.2) is 54.6 Å². The number of likely N-dealkylation sites (tertiary alicyclic amines) is 1. The highest BCUT2D eigenvalue weighted by atomic mass is 19.1. The molecule has 0 amide bonds. The van der Waals surface area contributed by atoms with Crippen molar-refractivity contribution in [2.45, 2.75) is 18.1 Å². The third kappa shape index (κ3) is 3.32. The average Bonchev–Trinajstić information content (AvgIpc) is 2.93. The van der Waals surface area contributed by atoms with E-state index in [0.29, 0.717) is 13.1 Å². The summed E-state index contributed by atoms with van der Waals surface area (Å²) < 4.78 is 15.2. The molecule has 2 atom stereocenters. The number of carboxylic acid groups (broad SMARTS) is 1. The number of aliphatic hydroxyl groups excluding tert-OH is 1. The fraction of sp³-hybridized carbons (Fsp3) is 0.316. The third-order valence-corrected chi connectivity index (χ3v) is 4.60. The Balaban J connectivity index is 1.79. The molecular weight excluding hydrogens is 309 g/mol. The van der Waals surface area contributed by atoms with Crippen LogP contribution in [0.2, 0.25) is 0 Å². The second-order valence-corrected chi connectivity index (χ2v) is 6.33. The van der Waals surface area contributed by atoms with Crippen molar-refractivity contribution in [2.75, 3.05) is 19.7 Å². The van der Waals surface area contributed by atoms with Crippen molar-refractivity contribution >= 4 is 5.97 Å². The molecule has 2 aromatic rings. The number of hydrogen-bond acceptors (Lipinski definition) is 3. The molecule has 24 heavy (non-hydrogen) atoms. The van der Waals surface area contributed by atoms with Gasteiger partial charge in [-0.1, -0.05) is 42.5 Å². The van der Waals surface area contributed by atoms with Gasteiger partial charge in [-0.05, 0) is 23.3 Å². The number of aromatic carboxylic acids is 1. The van der Waals surface area contributed by atoms with Gasteiger partial charge in [0.25, 0.3) is 0 Å². The number of rotatable bonds is 5. The molecule has 0 saturated carbocycles.